The van der Waals surface area contributed by atoms with Crippen LogP contribution in [0, 0.1) is 0 Å². The Balaban J connectivity index is 0.00000264. The zero-order valence-corrected chi connectivity index (χ0v) is 15.1. The first-order valence-corrected chi connectivity index (χ1v) is 8.67. The first-order valence-electron chi connectivity index (χ1n) is 7.23. The van der Waals surface area contributed by atoms with Crippen LogP contribution in [-0.4, -0.2) is 63.9 Å². The lowest BCUT2D eigenvalue weighted by atomic mass is 10.1. The zero-order chi connectivity index (χ0) is 16.3. The third kappa shape index (κ3) is 4.91. The van der Waals surface area contributed by atoms with E-state index in [1.54, 1.807) is 0 Å². The maximum Gasteiger partial charge on any atom is 0.338 e. The van der Waals surface area contributed by atoms with Crippen molar-refractivity contribution in [2.45, 2.75) is 23.8 Å². The fourth-order valence-corrected chi connectivity index (χ4v) is 3.31. The molecule has 1 atom stereocenters. The van der Waals surface area contributed by atoms with Gasteiger partial charge in [-0.3, -0.25) is 0 Å². The minimum atomic E-state index is -3.48. The summed E-state index contributed by atoms with van der Waals surface area (Å²) < 4.78 is 30.6. The highest BCUT2D eigenvalue weighted by molar-refractivity contribution is 7.89. The molecule has 0 spiro atoms. The molecule has 2 rings (SSSR count). The molecule has 0 aromatic heterocycles. The molecule has 1 aromatic carbocycles. The maximum atomic E-state index is 12.1. The predicted octanol–water partition coefficient (Wildman–Crippen LogP) is -1.81. The molecular formula is C15H22ClN2O4S-. The topological polar surface area (TPSA) is 66.9 Å². The van der Waals surface area contributed by atoms with E-state index in [1.807, 2.05) is 7.05 Å². The second-order valence-electron chi connectivity index (χ2n) is 5.74. The summed E-state index contributed by atoms with van der Waals surface area (Å²) in [4.78, 5) is 14.4. The van der Waals surface area contributed by atoms with Gasteiger partial charge in [-0.05, 0) is 50.7 Å². The second-order valence-corrected chi connectivity index (χ2v) is 7.90. The van der Waals surface area contributed by atoms with Crippen LogP contribution in [0.2, 0.25) is 0 Å². The molecule has 0 N–H and O–H groups in total. The normalized spacial score (nSPS) is 19.2. The van der Waals surface area contributed by atoms with Gasteiger partial charge in [-0.15, -0.1) is 0 Å². The van der Waals surface area contributed by atoms with Crippen molar-refractivity contribution < 1.29 is 30.4 Å². The van der Waals surface area contributed by atoms with Gasteiger partial charge in [0.1, 0.15) is 6.10 Å². The number of likely N-dealkylation sites (N-methyl/N-ethyl adjacent to an activating group) is 1. The Hall–Kier alpha value is -1.15. The molecule has 23 heavy (non-hydrogen) atoms. The summed E-state index contributed by atoms with van der Waals surface area (Å²) in [7, 11) is 1.46. The van der Waals surface area contributed by atoms with Gasteiger partial charge in [0.25, 0.3) is 0 Å². The third-order valence-corrected chi connectivity index (χ3v) is 5.55. The molecule has 0 amide bonds. The van der Waals surface area contributed by atoms with Crippen LogP contribution in [0.15, 0.2) is 29.2 Å². The van der Waals surface area contributed by atoms with Gasteiger partial charge in [0.05, 0.1) is 10.5 Å². The summed E-state index contributed by atoms with van der Waals surface area (Å²) in [5, 5.41) is 0. The van der Waals surface area contributed by atoms with Gasteiger partial charge in [-0.25, -0.2) is 17.5 Å². The summed E-state index contributed by atoms with van der Waals surface area (Å²) in [6, 6.07) is 5.84. The molecule has 1 heterocycles. The van der Waals surface area contributed by atoms with Crippen molar-refractivity contribution in [3.05, 3.63) is 29.8 Å². The van der Waals surface area contributed by atoms with Gasteiger partial charge in [-0.2, -0.15) is 0 Å². The first-order chi connectivity index (χ1) is 10.3. The molecule has 1 aliphatic rings. The van der Waals surface area contributed by atoms with Crippen LogP contribution >= 0.6 is 0 Å². The summed E-state index contributed by atoms with van der Waals surface area (Å²) in [5.74, 6) is -0.408. The third-order valence-electron chi connectivity index (χ3n) is 3.72. The number of carbonyl (C=O) groups is 1. The number of halogens is 1. The molecule has 130 valence electrons. The molecule has 0 aliphatic carbocycles. The van der Waals surface area contributed by atoms with E-state index >= 15 is 0 Å². The highest BCUT2D eigenvalue weighted by Crippen LogP contribution is 2.17. The minimum Gasteiger partial charge on any atom is -1.00 e. The number of ether oxygens (including phenoxy) is 1. The largest absolute Gasteiger partial charge is 1.00 e. The monoisotopic (exact) mass is 361 g/mol. The van der Waals surface area contributed by atoms with Gasteiger partial charge in [0, 0.05) is 20.6 Å². The molecule has 0 bridgehead atoms. The Bertz CT molecular complexity index is 631. The lowest BCUT2D eigenvalue weighted by Crippen LogP contribution is -3.00. The van der Waals surface area contributed by atoms with Crippen molar-refractivity contribution in [1.82, 2.24) is 9.21 Å². The van der Waals surface area contributed by atoms with Crippen LogP contribution in [0.1, 0.15) is 23.2 Å². The van der Waals surface area contributed by atoms with E-state index in [2.05, 4.69) is 4.90 Å². The highest BCUT2D eigenvalue weighted by Gasteiger charge is 2.22. The van der Waals surface area contributed by atoms with Crippen LogP contribution in [0.4, 0.5) is 0 Å². The summed E-state index contributed by atoms with van der Waals surface area (Å²) in [6.45, 7) is 1.75. The quantitative estimate of drug-likeness (QED) is 0.592. The van der Waals surface area contributed by atoms with Crippen molar-refractivity contribution in [3.63, 3.8) is 0 Å². The van der Waals surface area contributed by atoms with Crippen LogP contribution in [-0.2, 0) is 14.8 Å². The lowest BCUT2D eigenvalue weighted by molar-refractivity contribution is -0.0000851. The first kappa shape index (κ1) is 19.9. The zero-order valence-electron chi connectivity index (χ0n) is 13.5. The molecule has 1 fully saturated rings. The Morgan fingerprint density at radius 3 is 2.39 bits per heavy atom. The molecular weight excluding hydrogens is 340 g/mol. The van der Waals surface area contributed by atoms with E-state index in [4.69, 9.17) is 4.74 Å². The molecule has 0 saturated carbocycles. The van der Waals surface area contributed by atoms with E-state index < -0.39 is 16.0 Å². The van der Waals surface area contributed by atoms with E-state index in [1.165, 1.54) is 38.4 Å². The number of hydrogen-bond donors (Lipinski definition) is 0. The Morgan fingerprint density at radius 2 is 1.87 bits per heavy atom. The molecule has 1 unspecified atom stereocenters. The van der Waals surface area contributed by atoms with Crippen LogP contribution < -0.4 is 12.4 Å². The number of likely N-dealkylation sites (tertiary alicyclic amines) is 1. The molecule has 8 heteroatoms. The highest BCUT2D eigenvalue weighted by atomic mass is 35.5. The number of carbonyl (C=O) groups excluding carboxylic acids is 1. The van der Waals surface area contributed by atoms with Crippen molar-refractivity contribution >= 4 is 16.0 Å². The maximum absolute atomic E-state index is 12.1. The molecule has 1 saturated heterocycles. The van der Waals surface area contributed by atoms with Crippen molar-refractivity contribution in [1.29, 1.82) is 0 Å². The molecule has 0 radical (unpaired) electrons. The smallest absolute Gasteiger partial charge is 0.338 e. The molecule has 1 aromatic rings. The summed E-state index contributed by atoms with van der Waals surface area (Å²) >= 11 is 0. The van der Waals surface area contributed by atoms with E-state index in [9.17, 15) is 13.2 Å². The number of nitrogens with zero attached hydrogens (tertiary/aromatic N) is 2. The minimum absolute atomic E-state index is 0. The van der Waals surface area contributed by atoms with Gasteiger partial charge in [0.2, 0.25) is 10.0 Å². The van der Waals surface area contributed by atoms with Gasteiger partial charge >= 0.3 is 5.97 Å². The summed E-state index contributed by atoms with van der Waals surface area (Å²) in [5.41, 5.74) is 0.367. The van der Waals surface area contributed by atoms with Gasteiger partial charge in [-0.1, -0.05) is 0 Å². The summed E-state index contributed by atoms with van der Waals surface area (Å²) in [6.07, 6.45) is 1.77. The Morgan fingerprint density at radius 1 is 1.26 bits per heavy atom. The van der Waals surface area contributed by atoms with Crippen LogP contribution in [0.5, 0.6) is 0 Å². The van der Waals surface area contributed by atoms with E-state index in [0.717, 1.165) is 30.2 Å². The number of hydrogen-bond acceptors (Lipinski definition) is 5. The average Bonchev–Trinajstić information content (AvgIpc) is 2.47. The van der Waals surface area contributed by atoms with Crippen LogP contribution in [0.3, 0.4) is 0 Å². The van der Waals surface area contributed by atoms with E-state index in [-0.39, 0.29) is 23.4 Å². The molecule has 6 nitrogen and oxygen atoms in total. The Labute approximate surface area is 143 Å². The van der Waals surface area contributed by atoms with Gasteiger partial charge < -0.3 is 22.0 Å². The predicted molar refractivity (Wildman–Crippen MR) is 83.2 cm³/mol. The fraction of sp³-hybridized carbons (Fsp3) is 0.533. The lowest BCUT2D eigenvalue weighted by Gasteiger charge is -2.29. The van der Waals surface area contributed by atoms with Crippen LogP contribution in [0.25, 0.3) is 0 Å². The fourth-order valence-electron chi connectivity index (χ4n) is 2.41. The van der Waals surface area contributed by atoms with Crippen molar-refractivity contribution in [3.8, 4) is 0 Å². The second kappa shape index (κ2) is 8.10. The number of benzene rings is 1. The number of esters is 1. The SMILES string of the molecule is CN1CCCC(OC(=O)c2ccc(S(=O)(=O)N(C)C)cc2)C1.[Cl-]. The van der Waals surface area contributed by atoms with Crippen molar-refractivity contribution in [2.24, 2.45) is 0 Å². The average molecular weight is 362 g/mol. The number of rotatable bonds is 4. The van der Waals surface area contributed by atoms with Crippen molar-refractivity contribution in [2.75, 3.05) is 34.2 Å². The number of sulfonamides is 1. The molecule has 1 aliphatic heterocycles. The van der Waals surface area contributed by atoms with E-state index in [0.29, 0.717) is 5.56 Å². The van der Waals surface area contributed by atoms with Gasteiger partial charge in [0.15, 0.2) is 0 Å². The standard InChI is InChI=1S/C15H22N2O4S.ClH/c1-16(2)22(19,20)14-8-6-12(7-9-14)15(18)21-13-5-4-10-17(3)11-13;/h6-9,13H,4-5,10-11H2,1-3H3;1H/p-1. The number of piperidine rings is 1. The Kier molecular flexibility index (Phi) is 7.01.